The number of fused-ring (bicyclic) bond motifs is 4. The Bertz CT molecular complexity index is 693. The maximum Gasteiger partial charge on any atom is 0.143 e. The van der Waals surface area contributed by atoms with Crippen LogP contribution in [0.3, 0.4) is 0 Å². The third-order valence-corrected chi connectivity index (χ3v) is 10.4. The molecule has 0 fully saturated rings. The van der Waals surface area contributed by atoms with Gasteiger partial charge in [-0.3, -0.25) is 0 Å². The Morgan fingerprint density at radius 3 is 1.33 bits per heavy atom. The lowest BCUT2D eigenvalue weighted by atomic mass is 10.0. The molecule has 0 spiro atoms. The minimum absolute atomic E-state index is 0.794. The summed E-state index contributed by atoms with van der Waals surface area (Å²) in [5, 5.41) is 0. The second-order valence-corrected chi connectivity index (χ2v) is 9.31. The molecule has 0 unspecified atom stereocenters. The zero-order valence-electron chi connectivity index (χ0n) is 10.2. The molecule has 0 aliphatic carbocycles. The molecule has 0 radical (unpaired) electrons. The van der Waals surface area contributed by atoms with Crippen LogP contribution in [0.15, 0.2) is 39.0 Å². The molecular weight excluding hydrogens is 664 g/mol. The summed E-state index contributed by atoms with van der Waals surface area (Å²) in [7, 11) is 0. The van der Waals surface area contributed by atoms with Gasteiger partial charge in [0.25, 0.3) is 0 Å². The fraction of sp³-hybridized carbons (Fsp3) is 0.143. The van der Waals surface area contributed by atoms with Crippen LogP contribution in [0.4, 0.5) is 0 Å². The lowest BCUT2D eigenvalue weighted by Gasteiger charge is -2.14. The van der Waals surface area contributed by atoms with Gasteiger partial charge in [0.05, 0.1) is 8.95 Å². The van der Waals surface area contributed by atoms with E-state index in [1.54, 1.807) is 0 Å². The van der Waals surface area contributed by atoms with E-state index in [4.69, 9.17) is 4.74 Å². The Morgan fingerprint density at radius 2 is 0.952 bits per heavy atom. The molecule has 2 aromatic rings. The van der Waals surface area contributed by atoms with Crippen molar-refractivity contribution in [2.45, 2.75) is 12.8 Å². The van der Waals surface area contributed by atoms with E-state index in [1.807, 2.05) is 0 Å². The summed E-state index contributed by atoms with van der Waals surface area (Å²) >= 11 is 21.7. The first-order valence-electron chi connectivity index (χ1n) is 5.90. The average molecular weight is 670 g/mol. The van der Waals surface area contributed by atoms with Crippen LogP contribution in [0, 0.1) is 0 Å². The molecule has 1 aliphatic heterocycles. The molecule has 0 saturated heterocycles. The van der Waals surface area contributed by atoms with Gasteiger partial charge >= 0.3 is 0 Å². The molecule has 1 nitrogen and oxygen atoms in total. The van der Waals surface area contributed by atoms with Gasteiger partial charge in [0, 0.05) is 17.9 Å². The average Bonchev–Trinajstić information content (AvgIpc) is 2.55. The highest BCUT2D eigenvalue weighted by molar-refractivity contribution is 9.15. The first-order valence-corrected chi connectivity index (χ1v) is 10.7. The van der Waals surface area contributed by atoms with Crippen molar-refractivity contribution in [2.24, 2.45) is 0 Å². The molecule has 1 heterocycles. The minimum Gasteiger partial charge on any atom is -0.455 e. The molecule has 2 aromatic carbocycles. The zero-order chi connectivity index (χ0) is 15.3. The molecule has 3 rings (SSSR count). The van der Waals surface area contributed by atoms with E-state index in [9.17, 15) is 0 Å². The predicted molar refractivity (Wildman–Crippen MR) is 107 cm³/mol. The number of hydrogen-bond donors (Lipinski definition) is 0. The van der Waals surface area contributed by atoms with Gasteiger partial charge < -0.3 is 4.74 Å². The topological polar surface area (TPSA) is 9.23 Å². The number of hydrogen-bond acceptors (Lipinski definition) is 1. The van der Waals surface area contributed by atoms with Crippen LogP contribution in [0.1, 0.15) is 11.1 Å². The molecule has 0 atom stereocenters. The molecule has 0 aromatic heterocycles. The van der Waals surface area contributed by atoms with E-state index in [0.29, 0.717) is 0 Å². The number of ether oxygens (including phenoxy) is 1. The van der Waals surface area contributed by atoms with Crippen molar-refractivity contribution in [3.63, 3.8) is 0 Å². The molecule has 0 N–H and O–H groups in total. The smallest absolute Gasteiger partial charge is 0.143 e. The van der Waals surface area contributed by atoms with Crippen LogP contribution in [-0.4, -0.2) is 0 Å². The largest absolute Gasteiger partial charge is 0.455 e. The molecule has 1 aliphatic rings. The van der Waals surface area contributed by atoms with Crippen LogP contribution < -0.4 is 4.74 Å². The Balaban J connectivity index is 2.26. The fourth-order valence-corrected chi connectivity index (χ4v) is 5.40. The molecule has 110 valence electrons. The summed E-state index contributed by atoms with van der Waals surface area (Å²) in [6.07, 6.45) is 1.85. The Hall–Kier alpha value is 1.12. The predicted octanol–water partition coefficient (Wildman–Crippen LogP) is 8.15. The normalized spacial score (nSPS) is 13.2. The highest BCUT2D eigenvalue weighted by Crippen LogP contribution is 2.47. The van der Waals surface area contributed by atoms with Gasteiger partial charge in [0.1, 0.15) is 11.5 Å². The molecule has 7 heteroatoms. The zero-order valence-corrected chi connectivity index (χ0v) is 19.8. The van der Waals surface area contributed by atoms with Crippen LogP contribution in [0.25, 0.3) is 0 Å². The molecule has 0 amide bonds. The summed E-state index contributed by atoms with van der Waals surface area (Å²) in [5.74, 6) is 1.59. The van der Waals surface area contributed by atoms with Crippen molar-refractivity contribution in [3.8, 4) is 11.5 Å². The van der Waals surface area contributed by atoms with Crippen molar-refractivity contribution in [2.75, 3.05) is 0 Å². The Morgan fingerprint density at radius 1 is 0.571 bits per heavy atom. The number of aryl methyl sites for hydroxylation is 2. The van der Waals surface area contributed by atoms with Gasteiger partial charge in [0.15, 0.2) is 0 Å². The SMILES string of the molecule is Brc1c2cc(c(Br)c1Br)Oc1cc(c(Br)c(Br)c1Br)CC2. The highest BCUT2D eigenvalue weighted by atomic mass is 79.9. The molecular formula is C14H6Br6O. The van der Waals surface area contributed by atoms with Gasteiger partial charge in [-0.25, -0.2) is 0 Å². The third kappa shape index (κ3) is 3.07. The summed E-state index contributed by atoms with van der Waals surface area (Å²) in [6, 6.07) is 4.15. The monoisotopic (exact) mass is 664 g/mol. The maximum absolute atomic E-state index is 6.12. The van der Waals surface area contributed by atoms with E-state index in [0.717, 1.165) is 51.2 Å². The lowest BCUT2D eigenvalue weighted by Crippen LogP contribution is -1.94. The minimum atomic E-state index is 0.794. The van der Waals surface area contributed by atoms with Crippen molar-refractivity contribution >= 4 is 95.6 Å². The van der Waals surface area contributed by atoms with Crippen LogP contribution in [0.5, 0.6) is 11.5 Å². The van der Waals surface area contributed by atoms with Crippen molar-refractivity contribution in [3.05, 3.63) is 50.1 Å². The lowest BCUT2D eigenvalue weighted by molar-refractivity contribution is 0.475. The van der Waals surface area contributed by atoms with Gasteiger partial charge in [-0.1, -0.05) is 0 Å². The molecule has 4 bridgehead atoms. The Kier molecular flexibility index (Phi) is 5.29. The summed E-state index contributed by atoms with van der Waals surface area (Å²) < 4.78 is 12.0. The van der Waals surface area contributed by atoms with Gasteiger partial charge in [-0.05, 0) is 132 Å². The number of rotatable bonds is 0. The summed E-state index contributed by atoms with van der Waals surface area (Å²) in [6.45, 7) is 0. The van der Waals surface area contributed by atoms with Crippen LogP contribution in [-0.2, 0) is 12.8 Å². The molecule has 0 saturated carbocycles. The maximum atomic E-state index is 6.12. The first-order chi connectivity index (χ1) is 9.90. The van der Waals surface area contributed by atoms with Crippen molar-refractivity contribution in [1.29, 1.82) is 0 Å². The summed E-state index contributed by atoms with van der Waals surface area (Å²) in [5.41, 5.74) is 2.42. The second-order valence-electron chi connectivity index (χ2n) is 4.55. The van der Waals surface area contributed by atoms with Gasteiger partial charge in [-0.15, -0.1) is 0 Å². The third-order valence-electron chi connectivity index (χ3n) is 3.26. The standard InChI is InChI=1S/C14H6Br6O/c15-9-5-1-2-6-4-8(12(18)14(20)10(6)16)21-7(3-5)11(17)13(9)19/h3-4H,1-2H2. The number of halogens is 6. The number of benzene rings is 2. The van der Waals surface area contributed by atoms with Crippen molar-refractivity contribution in [1.82, 2.24) is 0 Å². The second kappa shape index (κ2) is 6.55. The van der Waals surface area contributed by atoms with Crippen LogP contribution in [0.2, 0.25) is 0 Å². The fourth-order valence-electron chi connectivity index (χ4n) is 2.16. The van der Waals surface area contributed by atoms with Crippen molar-refractivity contribution < 1.29 is 4.74 Å². The van der Waals surface area contributed by atoms with Gasteiger partial charge in [0.2, 0.25) is 0 Å². The van der Waals surface area contributed by atoms with E-state index >= 15 is 0 Å². The summed E-state index contributed by atoms with van der Waals surface area (Å²) in [4.78, 5) is 0. The van der Waals surface area contributed by atoms with E-state index in [1.165, 1.54) is 11.1 Å². The van der Waals surface area contributed by atoms with E-state index in [2.05, 4.69) is 108 Å². The van der Waals surface area contributed by atoms with Crippen LogP contribution >= 0.6 is 95.6 Å². The van der Waals surface area contributed by atoms with E-state index < -0.39 is 0 Å². The van der Waals surface area contributed by atoms with E-state index in [-0.39, 0.29) is 0 Å². The molecule has 21 heavy (non-hydrogen) atoms. The highest BCUT2D eigenvalue weighted by Gasteiger charge is 2.21. The quantitative estimate of drug-likeness (QED) is 0.258. The van der Waals surface area contributed by atoms with Gasteiger partial charge in [-0.2, -0.15) is 0 Å². The first kappa shape index (κ1) is 17.0. The Labute approximate surface area is 173 Å².